The molecule has 0 aliphatic carbocycles. The van der Waals surface area contributed by atoms with Gasteiger partial charge in [-0.3, -0.25) is 4.68 Å². The predicted molar refractivity (Wildman–Crippen MR) is 102 cm³/mol. The van der Waals surface area contributed by atoms with Crippen molar-refractivity contribution in [3.8, 4) is 11.1 Å². The van der Waals surface area contributed by atoms with Crippen molar-refractivity contribution in [2.75, 3.05) is 37.8 Å². The Morgan fingerprint density at radius 2 is 2.15 bits per heavy atom. The first-order chi connectivity index (χ1) is 12.6. The molecule has 6 nitrogen and oxygen atoms in total. The number of nitrogens with zero attached hydrogens (tertiary/aromatic N) is 4. The van der Waals surface area contributed by atoms with Gasteiger partial charge >= 0.3 is 0 Å². The Bertz CT molecular complexity index is 775. The average molecular weight is 377 g/mol. The van der Waals surface area contributed by atoms with Crippen LogP contribution in [0.15, 0.2) is 24.7 Å². The van der Waals surface area contributed by atoms with Crippen LogP contribution < -0.4 is 4.90 Å². The first-order valence-corrected chi connectivity index (χ1v) is 9.59. The smallest absolute Gasteiger partial charge is 0.131 e. The van der Waals surface area contributed by atoms with E-state index in [1.165, 1.54) is 0 Å². The van der Waals surface area contributed by atoms with Gasteiger partial charge in [-0.05, 0) is 25.3 Å². The lowest BCUT2D eigenvalue weighted by Gasteiger charge is -2.25. The molecule has 0 aromatic carbocycles. The summed E-state index contributed by atoms with van der Waals surface area (Å²) < 4.78 is 7.50. The van der Waals surface area contributed by atoms with Crippen LogP contribution in [0.4, 0.5) is 5.69 Å². The molecule has 2 aliphatic rings. The highest BCUT2D eigenvalue weighted by molar-refractivity contribution is 6.29. The van der Waals surface area contributed by atoms with Gasteiger partial charge in [0, 0.05) is 60.9 Å². The van der Waals surface area contributed by atoms with E-state index in [0.717, 1.165) is 62.4 Å². The van der Waals surface area contributed by atoms with E-state index in [9.17, 15) is 5.11 Å². The van der Waals surface area contributed by atoms with Gasteiger partial charge in [-0.25, -0.2) is 4.98 Å². The van der Waals surface area contributed by atoms with Crippen LogP contribution in [0.5, 0.6) is 0 Å². The number of anilines is 1. The fourth-order valence-electron chi connectivity index (χ4n) is 3.89. The molecule has 26 heavy (non-hydrogen) atoms. The Kier molecular flexibility index (Phi) is 4.90. The molecular weight excluding hydrogens is 352 g/mol. The van der Waals surface area contributed by atoms with Crippen LogP contribution in [0.2, 0.25) is 5.15 Å². The van der Waals surface area contributed by atoms with Crippen LogP contribution in [0.25, 0.3) is 11.1 Å². The fourth-order valence-corrected chi connectivity index (χ4v) is 4.04. The molecule has 0 radical (unpaired) electrons. The minimum Gasteiger partial charge on any atom is -0.396 e. The number of halogens is 1. The number of ether oxygens (including phenoxy) is 1. The standard InChI is InChI=1S/C19H25ClN4O2/c1-19(13-25)4-5-23(12-19)17-8-18(20)21-10-16(17)14-9-22-24(11-14)15-2-6-26-7-3-15/h8-11,15,25H,2-7,12-13H2,1H3. The topological polar surface area (TPSA) is 63.4 Å². The molecule has 140 valence electrons. The SMILES string of the molecule is CC1(CO)CCN(c2cc(Cl)ncc2-c2cnn(C3CCOCC3)c2)C1. The zero-order chi connectivity index (χ0) is 18.1. The van der Waals surface area contributed by atoms with E-state index in [0.29, 0.717) is 11.2 Å². The summed E-state index contributed by atoms with van der Waals surface area (Å²) in [6.07, 6.45) is 8.79. The zero-order valence-electron chi connectivity index (χ0n) is 15.1. The maximum absolute atomic E-state index is 9.69. The van der Waals surface area contributed by atoms with Crippen LogP contribution in [0, 0.1) is 5.41 Å². The summed E-state index contributed by atoms with van der Waals surface area (Å²) in [5.41, 5.74) is 3.08. The Labute approximate surface area is 158 Å². The van der Waals surface area contributed by atoms with E-state index in [1.54, 1.807) is 0 Å². The molecule has 0 saturated carbocycles. The molecule has 0 bridgehead atoms. The summed E-state index contributed by atoms with van der Waals surface area (Å²) in [5.74, 6) is 0. The summed E-state index contributed by atoms with van der Waals surface area (Å²) >= 11 is 6.19. The molecule has 2 saturated heterocycles. The van der Waals surface area contributed by atoms with Gasteiger partial charge in [0.1, 0.15) is 5.15 Å². The molecule has 0 spiro atoms. The van der Waals surface area contributed by atoms with Gasteiger partial charge in [-0.1, -0.05) is 18.5 Å². The van der Waals surface area contributed by atoms with Crippen molar-refractivity contribution in [2.24, 2.45) is 5.41 Å². The summed E-state index contributed by atoms with van der Waals surface area (Å²) in [5, 5.41) is 14.8. The molecule has 2 aromatic heterocycles. The van der Waals surface area contributed by atoms with E-state index in [2.05, 4.69) is 32.8 Å². The van der Waals surface area contributed by atoms with Crippen molar-refractivity contribution in [3.63, 3.8) is 0 Å². The Hall–Kier alpha value is -1.63. The molecule has 7 heteroatoms. The number of hydrogen-bond donors (Lipinski definition) is 1. The number of pyridine rings is 1. The van der Waals surface area contributed by atoms with Gasteiger partial charge in [0.15, 0.2) is 0 Å². The lowest BCUT2D eigenvalue weighted by Crippen LogP contribution is -2.27. The van der Waals surface area contributed by atoms with E-state index in [1.807, 2.05) is 18.5 Å². The first-order valence-electron chi connectivity index (χ1n) is 9.22. The monoisotopic (exact) mass is 376 g/mol. The van der Waals surface area contributed by atoms with Crippen LogP contribution >= 0.6 is 11.6 Å². The molecule has 1 N–H and O–H groups in total. The summed E-state index contributed by atoms with van der Waals surface area (Å²) in [7, 11) is 0. The minimum atomic E-state index is -0.0701. The third-order valence-electron chi connectivity index (χ3n) is 5.61. The van der Waals surface area contributed by atoms with Crippen molar-refractivity contribution in [3.05, 3.63) is 29.8 Å². The Morgan fingerprint density at radius 3 is 2.88 bits per heavy atom. The highest BCUT2D eigenvalue weighted by atomic mass is 35.5. The number of aliphatic hydroxyl groups excluding tert-OH is 1. The van der Waals surface area contributed by atoms with Gasteiger partial charge in [0.2, 0.25) is 0 Å². The lowest BCUT2D eigenvalue weighted by atomic mass is 9.91. The number of aliphatic hydroxyl groups is 1. The molecule has 4 heterocycles. The molecular formula is C19H25ClN4O2. The Balaban J connectivity index is 1.64. The lowest BCUT2D eigenvalue weighted by molar-refractivity contribution is 0.0662. The van der Waals surface area contributed by atoms with Crippen LogP contribution in [-0.4, -0.2) is 52.8 Å². The van der Waals surface area contributed by atoms with Gasteiger partial charge in [0.25, 0.3) is 0 Å². The molecule has 2 aromatic rings. The maximum Gasteiger partial charge on any atom is 0.131 e. The minimum absolute atomic E-state index is 0.0701. The third-order valence-corrected chi connectivity index (χ3v) is 5.81. The van der Waals surface area contributed by atoms with Crippen LogP contribution in [0.1, 0.15) is 32.2 Å². The zero-order valence-corrected chi connectivity index (χ0v) is 15.8. The first kappa shape index (κ1) is 17.8. The van der Waals surface area contributed by atoms with Crippen LogP contribution in [0.3, 0.4) is 0 Å². The van der Waals surface area contributed by atoms with E-state index in [-0.39, 0.29) is 12.0 Å². The largest absolute Gasteiger partial charge is 0.396 e. The van der Waals surface area contributed by atoms with Gasteiger partial charge < -0.3 is 14.7 Å². The van der Waals surface area contributed by atoms with E-state index in [4.69, 9.17) is 16.3 Å². The number of aromatic nitrogens is 3. The van der Waals surface area contributed by atoms with Crippen molar-refractivity contribution in [1.82, 2.24) is 14.8 Å². The molecule has 0 amide bonds. The normalized spacial score (nSPS) is 24.3. The van der Waals surface area contributed by atoms with Crippen molar-refractivity contribution >= 4 is 17.3 Å². The summed E-state index contributed by atoms with van der Waals surface area (Å²) in [6.45, 7) is 5.61. The second-order valence-electron chi connectivity index (χ2n) is 7.72. The third kappa shape index (κ3) is 3.46. The Morgan fingerprint density at radius 1 is 1.35 bits per heavy atom. The second-order valence-corrected chi connectivity index (χ2v) is 8.10. The van der Waals surface area contributed by atoms with Gasteiger partial charge in [-0.15, -0.1) is 0 Å². The average Bonchev–Trinajstić information content (AvgIpc) is 3.30. The second kappa shape index (κ2) is 7.18. The molecule has 1 unspecified atom stereocenters. The summed E-state index contributed by atoms with van der Waals surface area (Å²) in [4.78, 5) is 6.59. The molecule has 1 atom stereocenters. The van der Waals surface area contributed by atoms with Gasteiger partial charge in [0.05, 0.1) is 18.8 Å². The predicted octanol–water partition coefficient (Wildman–Crippen LogP) is 3.16. The van der Waals surface area contributed by atoms with Crippen molar-refractivity contribution < 1.29 is 9.84 Å². The number of rotatable bonds is 4. The summed E-state index contributed by atoms with van der Waals surface area (Å²) in [6, 6.07) is 2.32. The van der Waals surface area contributed by atoms with E-state index >= 15 is 0 Å². The van der Waals surface area contributed by atoms with Gasteiger partial charge in [-0.2, -0.15) is 5.10 Å². The molecule has 2 fully saturated rings. The van der Waals surface area contributed by atoms with Crippen molar-refractivity contribution in [2.45, 2.75) is 32.2 Å². The highest BCUT2D eigenvalue weighted by Crippen LogP contribution is 2.38. The maximum atomic E-state index is 9.69. The molecule has 2 aliphatic heterocycles. The molecule has 4 rings (SSSR count). The van der Waals surface area contributed by atoms with E-state index < -0.39 is 0 Å². The van der Waals surface area contributed by atoms with Crippen molar-refractivity contribution in [1.29, 1.82) is 0 Å². The fraction of sp³-hybridized carbons (Fsp3) is 0.579. The quantitative estimate of drug-likeness (QED) is 0.830. The van der Waals surface area contributed by atoms with Crippen LogP contribution in [-0.2, 0) is 4.74 Å². The number of hydrogen-bond acceptors (Lipinski definition) is 5. The highest BCUT2D eigenvalue weighted by Gasteiger charge is 2.34.